The lowest BCUT2D eigenvalue weighted by Gasteiger charge is -2.18. The Labute approximate surface area is 158 Å². The van der Waals surface area contributed by atoms with E-state index in [1.165, 1.54) is 29.7 Å². The number of rotatable bonds is 4. The van der Waals surface area contributed by atoms with Crippen LogP contribution in [0.2, 0.25) is 0 Å². The van der Waals surface area contributed by atoms with Crippen LogP contribution in [0.25, 0.3) is 6.08 Å². The van der Waals surface area contributed by atoms with Gasteiger partial charge in [0.05, 0.1) is 18.3 Å². The molecule has 27 heavy (non-hydrogen) atoms. The molecule has 5 nitrogen and oxygen atoms in total. The maximum Gasteiger partial charge on any atom is 0.340 e. The Hall–Kier alpha value is -3.34. The molecule has 0 spiro atoms. The number of hydrogen-bond acceptors (Lipinski definition) is 4. The van der Waals surface area contributed by atoms with Crippen LogP contribution >= 0.6 is 0 Å². The molecule has 2 aromatic carbocycles. The summed E-state index contributed by atoms with van der Waals surface area (Å²) in [6.45, 7) is 3.80. The van der Waals surface area contributed by atoms with Crippen molar-refractivity contribution in [2.24, 2.45) is 0 Å². The fraction of sp³-hybridized carbons (Fsp3) is 0.182. The third kappa shape index (κ3) is 3.49. The zero-order chi connectivity index (χ0) is 19.6. The summed E-state index contributed by atoms with van der Waals surface area (Å²) in [4.78, 5) is 27.0. The normalized spacial score (nSPS) is 15.6. The fourth-order valence-corrected chi connectivity index (χ4v) is 3.11. The lowest BCUT2D eigenvalue weighted by Crippen LogP contribution is -2.24. The van der Waals surface area contributed by atoms with Crippen LogP contribution in [0.1, 0.15) is 25.0 Å². The third-order valence-corrected chi connectivity index (χ3v) is 4.60. The van der Waals surface area contributed by atoms with E-state index < -0.39 is 5.97 Å². The summed E-state index contributed by atoms with van der Waals surface area (Å²) in [5.74, 6) is -0.712. The van der Waals surface area contributed by atoms with Crippen LogP contribution in [0.4, 0.5) is 5.69 Å². The highest BCUT2D eigenvalue weighted by Crippen LogP contribution is 2.35. The molecule has 0 saturated carbocycles. The Balaban J connectivity index is 2.09. The number of ether oxygens (including phenoxy) is 1. The first-order valence-electron chi connectivity index (χ1n) is 8.70. The molecule has 3 rings (SSSR count). The molecule has 0 radical (unpaired) electrons. The second-order valence-corrected chi connectivity index (χ2v) is 6.26. The number of esters is 1. The van der Waals surface area contributed by atoms with Crippen LogP contribution in [-0.4, -0.2) is 24.1 Å². The largest absolute Gasteiger partial charge is 0.508 e. The van der Waals surface area contributed by atoms with Crippen LogP contribution in [-0.2, 0) is 20.7 Å². The second kappa shape index (κ2) is 7.50. The van der Waals surface area contributed by atoms with Crippen molar-refractivity contribution in [2.75, 3.05) is 12.0 Å². The van der Waals surface area contributed by atoms with E-state index in [0.717, 1.165) is 6.42 Å². The average molecular weight is 363 g/mol. The molecule has 0 aliphatic carbocycles. The number of allylic oxidation sites excluding steroid dienone is 1. The van der Waals surface area contributed by atoms with E-state index in [0.29, 0.717) is 16.9 Å². The molecule has 0 aromatic heterocycles. The predicted molar refractivity (Wildman–Crippen MR) is 104 cm³/mol. The van der Waals surface area contributed by atoms with Crippen LogP contribution in [0.3, 0.4) is 0 Å². The number of aryl methyl sites for hydroxylation is 1. The van der Waals surface area contributed by atoms with E-state index in [1.807, 2.05) is 24.3 Å². The van der Waals surface area contributed by atoms with Crippen molar-refractivity contribution in [3.05, 3.63) is 76.5 Å². The first kappa shape index (κ1) is 18.5. The monoisotopic (exact) mass is 363 g/mol. The van der Waals surface area contributed by atoms with E-state index in [-0.39, 0.29) is 22.8 Å². The summed E-state index contributed by atoms with van der Waals surface area (Å²) in [6, 6.07) is 14.1. The van der Waals surface area contributed by atoms with E-state index in [2.05, 4.69) is 6.92 Å². The van der Waals surface area contributed by atoms with Crippen molar-refractivity contribution in [1.82, 2.24) is 0 Å². The molecular formula is C22H21NO4. The molecule has 5 heteroatoms. The average Bonchev–Trinajstić information content (AvgIpc) is 2.93. The first-order chi connectivity index (χ1) is 13.0. The van der Waals surface area contributed by atoms with Gasteiger partial charge < -0.3 is 9.84 Å². The van der Waals surface area contributed by atoms with Gasteiger partial charge in [0.15, 0.2) is 0 Å². The number of methoxy groups -OCH3 is 1. The molecular weight excluding hydrogens is 342 g/mol. The van der Waals surface area contributed by atoms with Gasteiger partial charge in [-0.2, -0.15) is 0 Å². The maximum absolute atomic E-state index is 13.1. The number of anilines is 1. The summed E-state index contributed by atoms with van der Waals surface area (Å²) in [5.41, 5.74) is 3.61. The minimum absolute atomic E-state index is 0.132. The van der Waals surface area contributed by atoms with Gasteiger partial charge in [-0.1, -0.05) is 31.2 Å². The number of phenolic OH excluding ortho intramolecular Hbond substituents is 1. The summed E-state index contributed by atoms with van der Waals surface area (Å²) in [7, 11) is 1.30. The zero-order valence-corrected chi connectivity index (χ0v) is 15.5. The SMILES string of the molecule is CCc1ccc(N2C(=O)/C(=C\c3ccc(O)cc3)C(C(=O)OC)=C2C)cc1. The second-order valence-electron chi connectivity index (χ2n) is 6.26. The highest BCUT2D eigenvalue weighted by Gasteiger charge is 2.37. The Bertz CT molecular complexity index is 937. The Morgan fingerprint density at radius 2 is 1.74 bits per heavy atom. The minimum atomic E-state index is -0.557. The first-order valence-corrected chi connectivity index (χ1v) is 8.70. The standard InChI is InChI=1S/C22H21NO4/c1-4-15-5-9-17(10-6-15)23-14(2)20(22(26)27-3)19(21(23)25)13-16-7-11-18(24)12-8-16/h5-13,24H,4H2,1-3H3/b19-13-. The van der Waals surface area contributed by atoms with Crippen molar-refractivity contribution in [2.45, 2.75) is 20.3 Å². The summed E-state index contributed by atoms with van der Waals surface area (Å²) in [5, 5.41) is 9.44. The lowest BCUT2D eigenvalue weighted by atomic mass is 10.0. The van der Waals surface area contributed by atoms with Crippen LogP contribution in [0.15, 0.2) is 65.4 Å². The summed E-state index contributed by atoms with van der Waals surface area (Å²) >= 11 is 0. The zero-order valence-electron chi connectivity index (χ0n) is 15.5. The van der Waals surface area contributed by atoms with Crippen LogP contribution in [0.5, 0.6) is 5.75 Å². The molecule has 1 N–H and O–H groups in total. The Morgan fingerprint density at radius 3 is 2.30 bits per heavy atom. The quantitative estimate of drug-likeness (QED) is 0.662. The number of hydrogen-bond donors (Lipinski definition) is 1. The maximum atomic E-state index is 13.1. The van der Waals surface area contributed by atoms with E-state index in [1.54, 1.807) is 25.1 Å². The predicted octanol–water partition coefficient (Wildman–Crippen LogP) is 3.83. The van der Waals surface area contributed by atoms with Gasteiger partial charge in [0.1, 0.15) is 5.75 Å². The molecule has 0 bridgehead atoms. The van der Waals surface area contributed by atoms with Gasteiger partial charge in [-0.3, -0.25) is 9.69 Å². The van der Waals surface area contributed by atoms with Gasteiger partial charge in [-0.05, 0) is 54.8 Å². The molecule has 1 amide bonds. The number of amides is 1. The Kier molecular flexibility index (Phi) is 5.12. The van der Waals surface area contributed by atoms with Gasteiger partial charge in [0, 0.05) is 11.4 Å². The molecule has 0 fully saturated rings. The number of carbonyl (C=O) groups is 2. The van der Waals surface area contributed by atoms with E-state index >= 15 is 0 Å². The molecule has 0 saturated heterocycles. The number of phenols is 1. The topological polar surface area (TPSA) is 66.8 Å². The summed E-state index contributed by atoms with van der Waals surface area (Å²) in [6.07, 6.45) is 2.54. The number of nitrogens with zero attached hydrogens (tertiary/aromatic N) is 1. The van der Waals surface area contributed by atoms with Crippen molar-refractivity contribution < 1.29 is 19.4 Å². The van der Waals surface area contributed by atoms with Crippen molar-refractivity contribution in [1.29, 1.82) is 0 Å². The molecule has 1 aliphatic heterocycles. The molecule has 2 aromatic rings. The number of benzene rings is 2. The third-order valence-electron chi connectivity index (χ3n) is 4.60. The minimum Gasteiger partial charge on any atom is -0.508 e. The fourth-order valence-electron chi connectivity index (χ4n) is 3.11. The van der Waals surface area contributed by atoms with Crippen LogP contribution < -0.4 is 4.90 Å². The smallest absolute Gasteiger partial charge is 0.340 e. The molecule has 1 heterocycles. The van der Waals surface area contributed by atoms with Gasteiger partial charge in [0.2, 0.25) is 0 Å². The van der Waals surface area contributed by atoms with E-state index in [9.17, 15) is 14.7 Å². The van der Waals surface area contributed by atoms with Crippen molar-refractivity contribution >= 4 is 23.6 Å². The Morgan fingerprint density at radius 1 is 1.11 bits per heavy atom. The highest BCUT2D eigenvalue weighted by molar-refractivity contribution is 6.23. The molecule has 0 atom stereocenters. The molecule has 138 valence electrons. The van der Waals surface area contributed by atoms with Crippen molar-refractivity contribution in [3.63, 3.8) is 0 Å². The number of carbonyl (C=O) groups excluding carboxylic acids is 2. The van der Waals surface area contributed by atoms with E-state index in [4.69, 9.17) is 4.74 Å². The molecule has 0 unspecified atom stereocenters. The molecule has 1 aliphatic rings. The van der Waals surface area contributed by atoms with Gasteiger partial charge in [-0.15, -0.1) is 0 Å². The highest BCUT2D eigenvalue weighted by atomic mass is 16.5. The van der Waals surface area contributed by atoms with Crippen LogP contribution in [0, 0.1) is 0 Å². The van der Waals surface area contributed by atoms with Gasteiger partial charge in [-0.25, -0.2) is 4.79 Å². The van der Waals surface area contributed by atoms with Gasteiger partial charge >= 0.3 is 5.97 Å². The van der Waals surface area contributed by atoms with Crippen molar-refractivity contribution in [3.8, 4) is 5.75 Å². The summed E-state index contributed by atoms with van der Waals surface area (Å²) < 4.78 is 4.90. The van der Waals surface area contributed by atoms with Gasteiger partial charge in [0.25, 0.3) is 5.91 Å². The number of aromatic hydroxyl groups is 1. The lowest BCUT2D eigenvalue weighted by molar-refractivity contribution is -0.136.